The van der Waals surface area contributed by atoms with Crippen LogP contribution in [0.25, 0.3) is 11.0 Å². The lowest BCUT2D eigenvalue weighted by atomic mass is 10.2. The SMILES string of the molecule is CCCn1c(CNC2CCCSC2)nc2ccccc21. The lowest BCUT2D eigenvalue weighted by molar-refractivity contribution is 0.488. The number of aryl methyl sites for hydroxylation is 1. The van der Waals surface area contributed by atoms with Crippen molar-refractivity contribution in [3.8, 4) is 0 Å². The van der Waals surface area contributed by atoms with Crippen molar-refractivity contribution in [3.05, 3.63) is 30.1 Å². The van der Waals surface area contributed by atoms with Gasteiger partial charge in [0.15, 0.2) is 0 Å². The minimum atomic E-state index is 0.656. The van der Waals surface area contributed by atoms with Gasteiger partial charge in [-0.05, 0) is 37.1 Å². The summed E-state index contributed by atoms with van der Waals surface area (Å²) >= 11 is 2.07. The minimum absolute atomic E-state index is 0.656. The summed E-state index contributed by atoms with van der Waals surface area (Å²) in [5.41, 5.74) is 2.39. The number of para-hydroxylation sites is 2. The number of fused-ring (bicyclic) bond motifs is 1. The van der Waals surface area contributed by atoms with E-state index in [0.717, 1.165) is 25.0 Å². The normalized spacial score (nSPS) is 19.6. The number of aromatic nitrogens is 2. The fourth-order valence-electron chi connectivity index (χ4n) is 2.87. The summed E-state index contributed by atoms with van der Waals surface area (Å²) in [5, 5.41) is 3.69. The number of rotatable bonds is 5. The van der Waals surface area contributed by atoms with Crippen LogP contribution < -0.4 is 5.32 Å². The highest BCUT2D eigenvalue weighted by Crippen LogP contribution is 2.19. The average Bonchev–Trinajstić information content (AvgIpc) is 2.85. The molecule has 2 aromatic rings. The molecule has 1 saturated heterocycles. The molecule has 1 aliphatic rings. The second-order valence-electron chi connectivity index (χ2n) is 5.46. The molecule has 0 radical (unpaired) electrons. The molecule has 4 heteroatoms. The van der Waals surface area contributed by atoms with Crippen LogP contribution in [0.4, 0.5) is 0 Å². The molecule has 1 aliphatic heterocycles. The third-order valence-electron chi connectivity index (χ3n) is 3.89. The fourth-order valence-corrected chi connectivity index (χ4v) is 3.98. The molecule has 0 saturated carbocycles. The van der Waals surface area contributed by atoms with Gasteiger partial charge in [-0.3, -0.25) is 0 Å². The molecule has 1 aromatic heterocycles. The van der Waals surface area contributed by atoms with Gasteiger partial charge in [0.2, 0.25) is 0 Å². The van der Waals surface area contributed by atoms with Gasteiger partial charge in [-0.1, -0.05) is 19.1 Å². The summed E-state index contributed by atoms with van der Waals surface area (Å²) in [6.45, 7) is 4.17. The zero-order chi connectivity index (χ0) is 13.8. The van der Waals surface area contributed by atoms with Gasteiger partial charge in [-0.25, -0.2) is 4.98 Å². The molecule has 3 nitrogen and oxygen atoms in total. The van der Waals surface area contributed by atoms with Crippen molar-refractivity contribution < 1.29 is 0 Å². The first-order valence-electron chi connectivity index (χ1n) is 7.63. The minimum Gasteiger partial charge on any atom is -0.327 e. The van der Waals surface area contributed by atoms with E-state index in [0.29, 0.717) is 6.04 Å². The molecule has 1 unspecified atom stereocenters. The van der Waals surface area contributed by atoms with Crippen molar-refractivity contribution >= 4 is 22.8 Å². The first kappa shape index (κ1) is 14.0. The van der Waals surface area contributed by atoms with Crippen LogP contribution >= 0.6 is 11.8 Å². The standard InChI is InChI=1S/C16H23N3S/c1-2-9-19-15-8-4-3-7-14(15)18-16(19)11-17-13-6-5-10-20-12-13/h3-4,7-8,13,17H,2,5-6,9-12H2,1H3. The van der Waals surface area contributed by atoms with E-state index < -0.39 is 0 Å². The molecule has 1 aromatic carbocycles. The predicted molar refractivity (Wildman–Crippen MR) is 87.2 cm³/mol. The largest absolute Gasteiger partial charge is 0.327 e. The molecule has 20 heavy (non-hydrogen) atoms. The monoisotopic (exact) mass is 289 g/mol. The van der Waals surface area contributed by atoms with Crippen LogP contribution in [0.1, 0.15) is 32.0 Å². The molecule has 0 spiro atoms. The topological polar surface area (TPSA) is 29.9 Å². The maximum Gasteiger partial charge on any atom is 0.123 e. The number of imidazole rings is 1. The van der Waals surface area contributed by atoms with Gasteiger partial charge in [0, 0.05) is 18.3 Å². The molecular formula is C16H23N3S. The van der Waals surface area contributed by atoms with Gasteiger partial charge >= 0.3 is 0 Å². The Labute approximate surface area is 125 Å². The van der Waals surface area contributed by atoms with Gasteiger partial charge in [0.05, 0.1) is 17.6 Å². The summed E-state index contributed by atoms with van der Waals surface area (Å²) in [6, 6.07) is 9.12. The van der Waals surface area contributed by atoms with E-state index in [9.17, 15) is 0 Å². The predicted octanol–water partition coefficient (Wildman–Crippen LogP) is 3.43. The zero-order valence-electron chi connectivity index (χ0n) is 12.1. The molecule has 0 amide bonds. The number of nitrogens with one attached hydrogen (secondary N) is 1. The van der Waals surface area contributed by atoms with Gasteiger partial charge in [0.1, 0.15) is 5.82 Å². The van der Waals surface area contributed by atoms with Crippen LogP contribution in [0.2, 0.25) is 0 Å². The number of thioether (sulfide) groups is 1. The molecule has 0 bridgehead atoms. The summed E-state index contributed by atoms with van der Waals surface area (Å²) in [4.78, 5) is 4.81. The van der Waals surface area contributed by atoms with Crippen molar-refractivity contribution in [2.24, 2.45) is 0 Å². The van der Waals surface area contributed by atoms with Crippen molar-refractivity contribution in [1.29, 1.82) is 0 Å². The Bertz CT molecular complexity index is 558. The molecule has 1 fully saturated rings. The van der Waals surface area contributed by atoms with E-state index in [1.54, 1.807) is 0 Å². The van der Waals surface area contributed by atoms with E-state index in [1.807, 2.05) is 0 Å². The average molecular weight is 289 g/mol. The third kappa shape index (κ3) is 3.01. The van der Waals surface area contributed by atoms with Crippen LogP contribution in [0.5, 0.6) is 0 Å². The van der Waals surface area contributed by atoms with E-state index in [4.69, 9.17) is 4.98 Å². The summed E-state index contributed by atoms with van der Waals surface area (Å²) in [7, 11) is 0. The van der Waals surface area contributed by atoms with Crippen LogP contribution in [0.3, 0.4) is 0 Å². The second-order valence-corrected chi connectivity index (χ2v) is 6.61. The van der Waals surface area contributed by atoms with E-state index in [-0.39, 0.29) is 0 Å². The number of hydrogen-bond donors (Lipinski definition) is 1. The molecule has 1 atom stereocenters. The van der Waals surface area contributed by atoms with E-state index >= 15 is 0 Å². The zero-order valence-corrected chi connectivity index (χ0v) is 13.0. The highest BCUT2D eigenvalue weighted by Gasteiger charge is 2.15. The molecule has 0 aliphatic carbocycles. The van der Waals surface area contributed by atoms with E-state index in [1.165, 1.54) is 35.7 Å². The highest BCUT2D eigenvalue weighted by atomic mass is 32.2. The van der Waals surface area contributed by atoms with Crippen molar-refractivity contribution in [2.45, 2.75) is 45.3 Å². The van der Waals surface area contributed by atoms with Gasteiger partial charge < -0.3 is 9.88 Å². The molecule has 2 heterocycles. The maximum absolute atomic E-state index is 4.81. The Morgan fingerprint density at radius 2 is 2.30 bits per heavy atom. The number of nitrogens with zero attached hydrogens (tertiary/aromatic N) is 2. The summed E-state index contributed by atoms with van der Waals surface area (Å²) in [6.07, 6.45) is 3.79. The molecule has 108 valence electrons. The van der Waals surface area contributed by atoms with Gasteiger partial charge in [0.25, 0.3) is 0 Å². The van der Waals surface area contributed by atoms with E-state index in [2.05, 4.69) is 52.8 Å². The van der Waals surface area contributed by atoms with Crippen molar-refractivity contribution in [1.82, 2.24) is 14.9 Å². The Hall–Kier alpha value is -1.00. The summed E-state index contributed by atoms with van der Waals surface area (Å²) < 4.78 is 2.37. The second kappa shape index (κ2) is 6.64. The van der Waals surface area contributed by atoms with Crippen LogP contribution in [-0.4, -0.2) is 27.1 Å². The van der Waals surface area contributed by atoms with Crippen molar-refractivity contribution in [3.63, 3.8) is 0 Å². The first-order chi connectivity index (χ1) is 9.88. The number of hydrogen-bond acceptors (Lipinski definition) is 3. The molecule has 3 rings (SSSR count). The molecular weight excluding hydrogens is 266 g/mol. The summed E-state index contributed by atoms with van der Waals surface area (Å²) in [5.74, 6) is 3.75. The maximum atomic E-state index is 4.81. The first-order valence-corrected chi connectivity index (χ1v) is 8.79. The smallest absolute Gasteiger partial charge is 0.123 e. The Balaban J connectivity index is 1.77. The lowest BCUT2D eigenvalue weighted by Gasteiger charge is -2.22. The Morgan fingerprint density at radius 3 is 3.10 bits per heavy atom. The molecule has 1 N–H and O–H groups in total. The fraction of sp³-hybridized carbons (Fsp3) is 0.562. The van der Waals surface area contributed by atoms with Crippen LogP contribution in [0, 0.1) is 0 Å². The van der Waals surface area contributed by atoms with Gasteiger partial charge in [-0.15, -0.1) is 0 Å². The highest BCUT2D eigenvalue weighted by molar-refractivity contribution is 7.99. The number of benzene rings is 1. The quantitative estimate of drug-likeness (QED) is 0.914. The van der Waals surface area contributed by atoms with Gasteiger partial charge in [-0.2, -0.15) is 11.8 Å². The van der Waals surface area contributed by atoms with Crippen LogP contribution in [-0.2, 0) is 13.1 Å². The third-order valence-corrected chi connectivity index (χ3v) is 5.11. The Morgan fingerprint density at radius 1 is 1.40 bits per heavy atom. The lowest BCUT2D eigenvalue weighted by Crippen LogP contribution is -2.34. The van der Waals surface area contributed by atoms with Crippen molar-refractivity contribution in [2.75, 3.05) is 11.5 Å². The Kier molecular flexibility index (Phi) is 4.63. The van der Waals surface area contributed by atoms with Crippen LogP contribution in [0.15, 0.2) is 24.3 Å².